The maximum absolute atomic E-state index is 11.1. The normalized spacial score (nSPS) is 10.4. The summed E-state index contributed by atoms with van der Waals surface area (Å²) in [7, 11) is 0. The van der Waals surface area contributed by atoms with Gasteiger partial charge in [0.1, 0.15) is 0 Å². The highest BCUT2D eigenvalue weighted by Gasteiger charge is 2.08. The molecule has 0 saturated heterocycles. The second kappa shape index (κ2) is 5.59. The highest BCUT2D eigenvalue weighted by atomic mass is 35.5. The molecule has 0 amide bonds. The lowest BCUT2D eigenvalue weighted by molar-refractivity contribution is 0.112. The summed E-state index contributed by atoms with van der Waals surface area (Å²) in [6.07, 6.45) is 0.814. The van der Waals surface area contributed by atoms with E-state index < -0.39 is 0 Å². The third-order valence-electron chi connectivity index (χ3n) is 2.68. The van der Waals surface area contributed by atoms with Crippen molar-refractivity contribution in [3.8, 4) is 0 Å². The molecule has 2 aromatic carbocycles. The van der Waals surface area contributed by atoms with Crippen molar-refractivity contribution in [2.75, 3.05) is 0 Å². The number of carbonyl (C=O) groups excluding carboxylic acids is 1. The van der Waals surface area contributed by atoms with Crippen molar-refractivity contribution in [1.29, 1.82) is 0 Å². The molecule has 0 aliphatic carbocycles. The Balaban J connectivity index is 2.40. The van der Waals surface area contributed by atoms with Crippen molar-refractivity contribution in [3.05, 3.63) is 58.1 Å². The van der Waals surface area contributed by atoms with Crippen LogP contribution in [0.3, 0.4) is 0 Å². The number of rotatable bonds is 3. The van der Waals surface area contributed by atoms with E-state index in [9.17, 15) is 4.79 Å². The van der Waals surface area contributed by atoms with E-state index in [1.807, 2.05) is 12.1 Å². The minimum atomic E-state index is 0.500. The van der Waals surface area contributed by atoms with Crippen molar-refractivity contribution in [2.24, 2.45) is 0 Å². The summed E-state index contributed by atoms with van der Waals surface area (Å²) in [6.45, 7) is 4.14. The molecule has 0 fully saturated rings. The molecule has 18 heavy (non-hydrogen) atoms. The molecule has 0 spiro atoms. The number of hydrogen-bond donors (Lipinski definition) is 0. The van der Waals surface area contributed by atoms with Crippen molar-refractivity contribution < 1.29 is 4.79 Å². The van der Waals surface area contributed by atoms with Crippen molar-refractivity contribution >= 4 is 29.6 Å². The fourth-order valence-electron chi connectivity index (χ4n) is 1.75. The summed E-state index contributed by atoms with van der Waals surface area (Å²) in [5.41, 5.74) is 3.00. The van der Waals surface area contributed by atoms with E-state index in [2.05, 4.69) is 32.0 Å². The van der Waals surface area contributed by atoms with Gasteiger partial charge in [0.15, 0.2) is 6.29 Å². The number of aryl methyl sites for hydroxylation is 2. The second-order valence-electron chi connectivity index (χ2n) is 4.14. The van der Waals surface area contributed by atoms with Crippen molar-refractivity contribution in [2.45, 2.75) is 23.6 Å². The molecule has 2 aromatic rings. The van der Waals surface area contributed by atoms with Gasteiger partial charge in [0, 0.05) is 15.4 Å². The standard InChI is InChI=1S/C15H13ClOS/c1-10-6-7-14(11(2)8-10)18-15-5-3-4-13(16)12(15)9-17/h3-9H,1-2H3. The Hall–Kier alpha value is -1.25. The fourth-order valence-corrected chi connectivity index (χ4v) is 3.04. The lowest BCUT2D eigenvalue weighted by atomic mass is 10.2. The smallest absolute Gasteiger partial charge is 0.152 e. The van der Waals surface area contributed by atoms with Crippen molar-refractivity contribution in [1.82, 2.24) is 0 Å². The fraction of sp³-hybridized carbons (Fsp3) is 0.133. The van der Waals surface area contributed by atoms with Gasteiger partial charge in [-0.15, -0.1) is 0 Å². The van der Waals surface area contributed by atoms with E-state index in [4.69, 9.17) is 11.6 Å². The van der Waals surface area contributed by atoms with Crippen LogP contribution in [0.1, 0.15) is 21.5 Å². The zero-order chi connectivity index (χ0) is 13.1. The first-order valence-electron chi connectivity index (χ1n) is 5.60. The van der Waals surface area contributed by atoms with Gasteiger partial charge in [0.05, 0.1) is 5.02 Å². The van der Waals surface area contributed by atoms with Gasteiger partial charge >= 0.3 is 0 Å². The molecule has 0 heterocycles. The molecular formula is C15H13ClOS. The molecule has 0 unspecified atom stereocenters. The maximum Gasteiger partial charge on any atom is 0.152 e. The number of aldehydes is 1. The topological polar surface area (TPSA) is 17.1 Å². The van der Waals surface area contributed by atoms with Gasteiger partial charge in [0.2, 0.25) is 0 Å². The number of hydrogen-bond acceptors (Lipinski definition) is 2. The lowest BCUT2D eigenvalue weighted by Crippen LogP contribution is -1.88. The van der Waals surface area contributed by atoms with Crippen LogP contribution in [0, 0.1) is 13.8 Å². The molecule has 0 N–H and O–H groups in total. The molecule has 0 atom stereocenters. The van der Waals surface area contributed by atoms with Crippen LogP contribution in [0.15, 0.2) is 46.2 Å². The quantitative estimate of drug-likeness (QED) is 0.740. The lowest BCUT2D eigenvalue weighted by Gasteiger charge is -2.09. The first-order chi connectivity index (χ1) is 8.61. The second-order valence-corrected chi connectivity index (χ2v) is 5.63. The third kappa shape index (κ3) is 2.77. The zero-order valence-electron chi connectivity index (χ0n) is 10.2. The van der Waals surface area contributed by atoms with Crippen LogP contribution in [0.5, 0.6) is 0 Å². The van der Waals surface area contributed by atoms with E-state index in [1.165, 1.54) is 11.1 Å². The van der Waals surface area contributed by atoms with Gasteiger partial charge in [0.25, 0.3) is 0 Å². The van der Waals surface area contributed by atoms with Crippen molar-refractivity contribution in [3.63, 3.8) is 0 Å². The number of benzene rings is 2. The first kappa shape index (κ1) is 13.2. The molecule has 0 aromatic heterocycles. The molecule has 3 heteroatoms. The summed E-state index contributed by atoms with van der Waals surface area (Å²) in [5, 5.41) is 0.500. The molecule has 92 valence electrons. The van der Waals surface area contributed by atoms with Gasteiger partial charge in [-0.2, -0.15) is 0 Å². The summed E-state index contributed by atoms with van der Waals surface area (Å²) in [6, 6.07) is 11.8. The summed E-state index contributed by atoms with van der Waals surface area (Å²) in [4.78, 5) is 13.1. The molecule has 2 rings (SSSR count). The third-order valence-corrected chi connectivity index (χ3v) is 4.26. The average molecular weight is 277 g/mol. The monoisotopic (exact) mass is 276 g/mol. The zero-order valence-corrected chi connectivity index (χ0v) is 11.8. The van der Waals surface area contributed by atoms with E-state index in [0.29, 0.717) is 10.6 Å². The van der Waals surface area contributed by atoms with Crippen LogP contribution in [-0.2, 0) is 0 Å². The van der Waals surface area contributed by atoms with Crippen LogP contribution < -0.4 is 0 Å². The van der Waals surface area contributed by atoms with Gasteiger partial charge in [-0.1, -0.05) is 47.1 Å². The van der Waals surface area contributed by atoms with Crippen LogP contribution in [0.2, 0.25) is 5.02 Å². The Morgan fingerprint density at radius 2 is 1.89 bits per heavy atom. The summed E-state index contributed by atoms with van der Waals surface area (Å²) >= 11 is 7.59. The Morgan fingerprint density at radius 1 is 1.11 bits per heavy atom. The molecule has 0 bridgehead atoms. The maximum atomic E-state index is 11.1. The predicted molar refractivity (Wildman–Crippen MR) is 76.9 cm³/mol. The van der Waals surface area contributed by atoms with E-state index in [0.717, 1.165) is 16.1 Å². The van der Waals surface area contributed by atoms with E-state index in [-0.39, 0.29) is 0 Å². The Kier molecular flexibility index (Phi) is 4.10. The first-order valence-corrected chi connectivity index (χ1v) is 6.80. The largest absolute Gasteiger partial charge is 0.298 e. The molecule has 0 aliphatic rings. The van der Waals surface area contributed by atoms with E-state index >= 15 is 0 Å². The molecule has 0 saturated carbocycles. The van der Waals surface area contributed by atoms with E-state index in [1.54, 1.807) is 17.8 Å². The summed E-state index contributed by atoms with van der Waals surface area (Å²) < 4.78 is 0. The molecule has 0 radical (unpaired) electrons. The van der Waals surface area contributed by atoms with Crippen LogP contribution in [-0.4, -0.2) is 6.29 Å². The average Bonchev–Trinajstić information content (AvgIpc) is 2.33. The molecular weight excluding hydrogens is 264 g/mol. The number of carbonyl (C=O) groups is 1. The predicted octanol–water partition coefficient (Wildman–Crippen LogP) is 4.92. The SMILES string of the molecule is Cc1ccc(Sc2cccc(Cl)c2C=O)c(C)c1. The van der Waals surface area contributed by atoms with Gasteiger partial charge in [-0.25, -0.2) is 0 Å². The Labute approximate surface area is 116 Å². The minimum absolute atomic E-state index is 0.500. The summed E-state index contributed by atoms with van der Waals surface area (Å²) in [5.74, 6) is 0. The molecule has 0 aliphatic heterocycles. The number of halogens is 1. The minimum Gasteiger partial charge on any atom is -0.298 e. The molecule has 1 nitrogen and oxygen atoms in total. The van der Waals surface area contributed by atoms with Gasteiger partial charge < -0.3 is 0 Å². The van der Waals surface area contributed by atoms with Crippen LogP contribution in [0.4, 0.5) is 0 Å². The Morgan fingerprint density at radius 3 is 2.56 bits per heavy atom. The van der Waals surface area contributed by atoms with Crippen LogP contribution in [0.25, 0.3) is 0 Å². The van der Waals surface area contributed by atoms with Crippen LogP contribution >= 0.6 is 23.4 Å². The van der Waals surface area contributed by atoms with Gasteiger partial charge in [-0.3, -0.25) is 4.79 Å². The highest BCUT2D eigenvalue weighted by Crippen LogP contribution is 2.34. The Bertz CT molecular complexity index is 593. The van der Waals surface area contributed by atoms with Gasteiger partial charge in [-0.05, 0) is 37.6 Å². The highest BCUT2D eigenvalue weighted by molar-refractivity contribution is 7.99.